The summed E-state index contributed by atoms with van der Waals surface area (Å²) in [5, 5.41) is 29.3. The van der Waals surface area contributed by atoms with Gasteiger partial charge in [0.05, 0.1) is 0 Å². The van der Waals surface area contributed by atoms with Gasteiger partial charge >= 0.3 is 0 Å². The number of aromatic hydroxyl groups is 2. The number of nitrogens with zero attached hydrogens (tertiary/aromatic N) is 3. The first-order valence-electron chi connectivity index (χ1n) is 11.0. The van der Waals surface area contributed by atoms with E-state index in [2.05, 4.69) is 4.98 Å². The highest BCUT2D eigenvalue weighted by Crippen LogP contribution is 2.27. The Balaban J connectivity index is 1.51. The number of amides is 2. The molecule has 1 aromatic heterocycles. The number of hydrogen-bond acceptors (Lipinski definition) is 8. The van der Waals surface area contributed by atoms with E-state index in [1.165, 1.54) is 46.8 Å². The molecule has 0 saturated carbocycles. The van der Waals surface area contributed by atoms with E-state index in [9.17, 15) is 29.7 Å². The number of hydrogen-bond donors (Lipinski definition) is 3. The Morgan fingerprint density at radius 1 is 1.15 bits per heavy atom. The molecule has 3 N–H and O–H groups in total. The molecule has 10 heteroatoms. The lowest BCUT2D eigenvalue weighted by Gasteiger charge is -2.42. The molecule has 3 unspecified atom stereocenters. The van der Waals surface area contributed by atoms with Gasteiger partial charge in [-0.3, -0.25) is 19.4 Å². The van der Waals surface area contributed by atoms with E-state index in [1.807, 2.05) is 12.1 Å². The van der Waals surface area contributed by atoms with Gasteiger partial charge in [-0.05, 0) is 55.2 Å². The predicted octanol–water partition coefficient (Wildman–Crippen LogP) is 1.35. The number of phenols is 2. The van der Waals surface area contributed by atoms with E-state index in [1.54, 1.807) is 19.3 Å². The van der Waals surface area contributed by atoms with Crippen LogP contribution in [-0.2, 0) is 27.2 Å². The largest absolute Gasteiger partial charge is 0.504 e. The zero-order valence-electron chi connectivity index (χ0n) is 19.1. The highest BCUT2D eigenvalue weighted by Gasteiger charge is 2.41. The maximum Gasteiger partial charge on any atom is 0.252 e. The van der Waals surface area contributed by atoms with Crippen LogP contribution in [0.25, 0.3) is 0 Å². The van der Waals surface area contributed by atoms with Crippen molar-refractivity contribution in [3.63, 3.8) is 0 Å². The van der Waals surface area contributed by atoms with E-state index in [4.69, 9.17) is 0 Å². The fourth-order valence-electron chi connectivity index (χ4n) is 3.65. The maximum atomic E-state index is 13.0. The summed E-state index contributed by atoms with van der Waals surface area (Å²) in [5.41, 5.74) is 1.55. The number of carbonyl (C=O) groups is 3. The van der Waals surface area contributed by atoms with Crippen molar-refractivity contribution in [2.24, 2.45) is 0 Å². The molecule has 0 bridgehead atoms. The second-order valence-electron chi connectivity index (χ2n) is 8.28. The van der Waals surface area contributed by atoms with Crippen molar-refractivity contribution in [1.82, 2.24) is 14.8 Å². The summed E-state index contributed by atoms with van der Waals surface area (Å²) in [6, 6.07) is 6.47. The van der Waals surface area contributed by atoms with E-state index in [0.29, 0.717) is 24.3 Å². The minimum Gasteiger partial charge on any atom is -0.504 e. The number of likely N-dealkylation sites (N-methyl/N-ethyl adjacent to an activating group) is 1. The first kappa shape index (κ1) is 25.5. The number of thioether (sulfide) groups is 1. The van der Waals surface area contributed by atoms with Crippen LogP contribution in [0.5, 0.6) is 11.5 Å². The standard InChI is InChI=1S/C24H29N3O6S/c1-15(26(2)23(32)21(30)14-17-3-4-19(28)20(29)13-17)22(31)27-11-7-18(27)24(33)34-12-8-16-5-9-25-10-6-16/h3-6,9-10,13,15,18,21,28-30H,7-8,11-12,14H2,1-2H3. The van der Waals surface area contributed by atoms with Crippen molar-refractivity contribution in [3.8, 4) is 11.5 Å². The number of carbonyl (C=O) groups excluding carboxylic acids is 3. The van der Waals surface area contributed by atoms with Gasteiger partial charge in [-0.25, -0.2) is 0 Å². The van der Waals surface area contributed by atoms with Gasteiger partial charge in [0.1, 0.15) is 18.2 Å². The molecule has 0 radical (unpaired) electrons. The van der Waals surface area contributed by atoms with Crippen LogP contribution >= 0.6 is 11.8 Å². The fraction of sp³-hybridized carbons (Fsp3) is 0.417. The molecule has 2 aromatic rings. The lowest BCUT2D eigenvalue weighted by molar-refractivity contribution is -0.154. The number of benzene rings is 1. The van der Waals surface area contributed by atoms with Crippen molar-refractivity contribution in [1.29, 1.82) is 0 Å². The minimum absolute atomic E-state index is 0.0676. The molecule has 1 aliphatic heterocycles. The third kappa shape index (κ3) is 6.06. The Kier molecular flexibility index (Phi) is 8.51. The minimum atomic E-state index is -1.43. The number of aryl methyl sites for hydroxylation is 1. The van der Waals surface area contributed by atoms with Gasteiger partial charge in [-0.1, -0.05) is 17.8 Å². The molecule has 0 spiro atoms. The van der Waals surface area contributed by atoms with Crippen molar-refractivity contribution in [2.45, 2.75) is 44.4 Å². The van der Waals surface area contributed by atoms with Crippen molar-refractivity contribution < 1.29 is 29.7 Å². The van der Waals surface area contributed by atoms with E-state index in [0.717, 1.165) is 12.0 Å². The molecular formula is C24H29N3O6S. The van der Waals surface area contributed by atoms with Crippen molar-refractivity contribution >= 4 is 28.7 Å². The molecule has 1 saturated heterocycles. The third-order valence-electron chi connectivity index (χ3n) is 6.00. The second-order valence-corrected chi connectivity index (χ2v) is 9.38. The molecule has 1 aromatic carbocycles. The fourth-order valence-corrected chi connectivity index (χ4v) is 4.63. The Bertz CT molecular complexity index is 1030. The molecule has 1 fully saturated rings. The normalized spacial score (nSPS) is 16.9. The number of likely N-dealkylation sites (tertiary alicyclic amines) is 1. The number of aromatic nitrogens is 1. The van der Waals surface area contributed by atoms with Gasteiger partial charge in [-0.2, -0.15) is 0 Å². The maximum absolute atomic E-state index is 13.0. The summed E-state index contributed by atoms with van der Waals surface area (Å²) in [6.45, 7) is 2.01. The van der Waals surface area contributed by atoms with Gasteiger partial charge in [0, 0.05) is 38.2 Å². The molecule has 1 aliphatic rings. The molecule has 9 nitrogen and oxygen atoms in total. The van der Waals surface area contributed by atoms with Crippen LogP contribution < -0.4 is 0 Å². The molecule has 3 rings (SSSR count). The monoisotopic (exact) mass is 487 g/mol. The Morgan fingerprint density at radius 2 is 1.85 bits per heavy atom. The molecule has 2 heterocycles. The smallest absolute Gasteiger partial charge is 0.252 e. The molecule has 3 atom stereocenters. The van der Waals surface area contributed by atoms with Crippen LogP contribution in [0.3, 0.4) is 0 Å². The van der Waals surface area contributed by atoms with Gasteiger partial charge in [0.2, 0.25) is 11.0 Å². The summed E-state index contributed by atoms with van der Waals surface area (Å²) in [5.74, 6) is -1.03. The third-order valence-corrected chi connectivity index (χ3v) is 6.96. The topological polar surface area (TPSA) is 131 Å². The lowest BCUT2D eigenvalue weighted by atomic mass is 10.0. The number of rotatable bonds is 9. The Morgan fingerprint density at radius 3 is 2.47 bits per heavy atom. The van der Waals surface area contributed by atoms with Gasteiger partial charge < -0.3 is 25.1 Å². The number of aliphatic hydroxyl groups excluding tert-OH is 1. The number of aliphatic hydroxyl groups is 1. The highest BCUT2D eigenvalue weighted by atomic mass is 32.2. The van der Waals surface area contributed by atoms with E-state index >= 15 is 0 Å². The van der Waals surface area contributed by atoms with Gasteiger partial charge in [-0.15, -0.1) is 0 Å². The zero-order chi connectivity index (χ0) is 24.8. The zero-order valence-corrected chi connectivity index (χ0v) is 19.9. The average molecular weight is 488 g/mol. The van der Waals surface area contributed by atoms with Crippen LogP contribution in [0.15, 0.2) is 42.7 Å². The summed E-state index contributed by atoms with van der Waals surface area (Å²) >= 11 is 1.20. The van der Waals surface area contributed by atoms with Gasteiger partial charge in [0.15, 0.2) is 11.5 Å². The van der Waals surface area contributed by atoms with Crippen LogP contribution in [0.4, 0.5) is 0 Å². The summed E-state index contributed by atoms with van der Waals surface area (Å²) in [6.07, 6.45) is 3.21. The highest BCUT2D eigenvalue weighted by molar-refractivity contribution is 8.13. The first-order chi connectivity index (χ1) is 16.2. The molecular weight excluding hydrogens is 458 g/mol. The second kappa shape index (κ2) is 11.3. The average Bonchev–Trinajstić information content (AvgIpc) is 2.79. The number of phenolic OH excluding ortho intramolecular Hbond substituents is 2. The van der Waals surface area contributed by atoms with Crippen molar-refractivity contribution in [2.75, 3.05) is 19.3 Å². The Hall–Kier alpha value is -3.11. The number of pyridine rings is 1. The van der Waals surface area contributed by atoms with Crippen LogP contribution in [0, 0.1) is 0 Å². The summed E-state index contributed by atoms with van der Waals surface area (Å²) in [4.78, 5) is 44.9. The quantitative estimate of drug-likeness (QED) is 0.452. The molecule has 2 amide bonds. The van der Waals surface area contributed by atoms with Gasteiger partial charge in [0.25, 0.3) is 5.91 Å². The van der Waals surface area contributed by atoms with Crippen molar-refractivity contribution in [3.05, 3.63) is 53.9 Å². The molecule has 0 aliphatic carbocycles. The van der Waals surface area contributed by atoms with Crippen LogP contribution in [-0.4, -0.2) is 84.6 Å². The van der Waals surface area contributed by atoms with E-state index in [-0.39, 0.29) is 28.9 Å². The first-order valence-corrected chi connectivity index (χ1v) is 12.0. The lowest BCUT2D eigenvalue weighted by Crippen LogP contribution is -2.60. The summed E-state index contributed by atoms with van der Waals surface area (Å²) in [7, 11) is 1.43. The van der Waals surface area contributed by atoms with Crippen LogP contribution in [0.2, 0.25) is 0 Å². The SMILES string of the molecule is CC(C(=O)N1CCC1C(=O)SCCc1ccncc1)N(C)C(=O)C(O)Cc1ccc(O)c(O)c1. The van der Waals surface area contributed by atoms with Crippen LogP contribution in [0.1, 0.15) is 24.5 Å². The van der Waals surface area contributed by atoms with E-state index < -0.39 is 24.1 Å². The predicted molar refractivity (Wildman–Crippen MR) is 127 cm³/mol. The molecule has 182 valence electrons. The molecule has 34 heavy (non-hydrogen) atoms. The summed E-state index contributed by atoms with van der Waals surface area (Å²) < 4.78 is 0. The Labute approximate surface area is 202 Å².